The van der Waals surface area contributed by atoms with E-state index >= 15 is 0 Å². The van der Waals surface area contributed by atoms with Crippen molar-refractivity contribution in [3.63, 3.8) is 0 Å². The summed E-state index contributed by atoms with van der Waals surface area (Å²) in [6, 6.07) is 16.4. The predicted octanol–water partition coefficient (Wildman–Crippen LogP) is 2.63. The molecule has 0 spiro atoms. The third kappa shape index (κ3) is 3.82. The Morgan fingerprint density at radius 3 is 2.84 bits per heavy atom. The molecule has 7 rings (SSSR count). The van der Waals surface area contributed by atoms with Crippen LogP contribution >= 0.6 is 0 Å². The lowest BCUT2D eigenvalue weighted by atomic mass is 9.89. The maximum Gasteiger partial charge on any atom is 0.274 e. The van der Waals surface area contributed by atoms with Gasteiger partial charge in [-0.3, -0.25) is 24.4 Å². The van der Waals surface area contributed by atoms with Gasteiger partial charge in [0.15, 0.2) is 5.69 Å². The van der Waals surface area contributed by atoms with Crippen molar-refractivity contribution in [3.05, 3.63) is 71.5 Å². The summed E-state index contributed by atoms with van der Waals surface area (Å²) < 4.78 is 7.48. The summed E-state index contributed by atoms with van der Waals surface area (Å²) in [6.45, 7) is 1.12. The first kappa shape index (κ1) is 22.7. The fraction of sp³-hybridized carbons (Fsp3) is 0.296. The summed E-state index contributed by atoms with van der Waals surface area (Å²) in [4.78, 5) is 49.1. The van der Waals surface area contributed by atoms with Crippen molar-refractivity contribution in [3.8, 4) is 0 Å². The monoisotopic (exact) mass is 511 g/mol. The van der Waals surface area contributed by atoms with E-state index in [0.29, 0.717) is 37.6 Å². The molecule has 11 heteroatoms. The predicted molar refractivity (Wildman–Crippen MR) is 138 cm³/mol. The number of rotatable bonds is 3. The lowest BCUT2D eigenvalue weighted by Gasteiger charge is -2.39. The van der Waals surface area contributed by atoms with Crippen LogP contribution in [0.1, 0.15) is 39.4 Å². The Bertz CT molecular complexity index is 1560. The molecule has 11 nitrogen and oxygen atoms in total. The minimum Gasteiger partial charge on any atom is -0.376 e. The van der Waals surface area contributed by atoms with E-state index in [1.807, 2.05) is 48.5 Å². The van der Waals surface area contributed by atoms with Crippen molar-refractivity contribution in [2.45, 2.75) is 31.5 Å². The summed E-state index contributed by atoms with van der Waals surface area (Å²) >= 11 is 0. The Hall–Kier alpha value is -4.51. The molecule has 5 heterocycles. The van der Waals surface area contributed by atoms with Crippen molar-refractivity contribution >= 4 is 40.4 Å². The van der Waals surface area contributed by atoms with Gasteiger partial charge in [0.05, 0.1) is 35.6 Å². The number of aromatic nitrogens is 4. The highest BCUT2D eigenvalue weighted by atomic mass is 16.5. The Labute approximate surface area is 217 Å². The largest absolute Gasteiger partial charge is 0.376 e. The highest BCUT2D eigenvalue weighted by molar-refractivity contribution is 6.06. The standard InChI is InChI=1S/C27H25N7O4/c35-24(31-27-29-18-7-3-4-8-19(18)30-27)16-11-23-21(9-10-38-23)33(13-16)26(37)20-12-22-25(36)28-17-6-2-1-5-15(17)14-34(22)32-20/h1-8,12,16,21,23H,9-11,13-14H2,(H,28,36)(H2,29,30,31,35)/t16-,21+,23+/m0/s1. The number of carbonyl (C=O) groups is 3. The number of amides is 3. The van der Waals surface area contributed by atoms with E-state index in [2.05, 4.69) is 25.7 Å². The second-order valence-electron chi connectivity index (χ2n) is 9.93. The van der Waals surface area contributed by atoms with Crippen molar-refractivity contribution in [1.82, 2.24) is 24.6 Å². The topological polar surface area (TPSA) is 134 Å². The number of H-pyrrole nitrogens is 1. The average Bonchev–Trinajstić information content (AvgIpc) is 3.65. The SMILES string of the molecule is O=C1Nc2ccccc2Cn2nc(C(=O)N3C[C@@H](C(=O)Nc4nc5ccccc5[nH]4)C[C@H]4OCC[C@H]43)cc21. The van der Waals surface area contributed by atoms with Crippen molar-refractivity contribution in [2.75, 3.05) is 23.8 Å². The molecule has 3 N–H and O–H groups in total. The summed E-state index contributed by atoms with van der Waals surface area (Å²) in [7, 11) is 0. The third-order valence-corrected chi connectivity index (χ3v) is 7.59. The number of hydrogen-bond donors (Lipinski definition) is 3. The fourth-order valence-electron chi connectivity index (χ4n) is 5.70. The summed E-state index contributed by atoms with van der Waals surface area (Å²) in [5.74, 6) is -0.971. The quantitative estimate of drug-likeness (QED) is 0.387. The molecule has 3 aliphatic rings. The van der Waals surface area contributed by atoms with E-state index < -0.39 is 5.92 Å². The number of nitrogens with zero attached hydrogens (tertiary/aromatic N) is 4. The van der Waals surface area contributed by atoms with Gasteiger partial charge in [-0.05, 0) is 36.6 Å². The van der Waals surface area contributed by atoms with Crippen molar-refractivity contribution in [2.24, 2.45) is 5.92 Å². The highest BCUT2D eigenvalue weighted by Crippen LogP contribution is 2.33. The number of imidazole rings is 1. The molecule has 0 unspecified atom stereocenters. The van der Waals surface area contributed by atoms with Crippen LogP contribution in [0.3, 0.4) is 0 Å². The molecule has 2 fully saturated rings. The number of likely N-dealkylation sites (tertiary alicyclic amines) is 1. The van der Waals surface area contributed by atoms with Gasteiger partial charge in [0.25, 0.3) is 11.8 Å². The number of para-hydroxylation sites is 3. The molecule has 2 aromatic carbocycles. The van der Waals surface area contributed by atoms with E-state index in [1.165, 1.54) is 6.07 Å². The fourth-order valence-corrected chi connectivity index (χ4v) is 5.70. The van der Waals surface area contributed by atoms with Crippen LogP contribution in [-0.2, 0) is 16.1 Å². The zero-order valence-corrected chi connectivity index (χ0v) is 20.4. The van der Waals surface area contributed by atoms with Gasteiger partial charge in [0.1, 0.15) is 5.69 Å². The number of benzene rings is 2. The Morgan fingerprint density at radius 2 is 1.95 bits per heavy atom. The molecule has 3 amide bonds. The van der Waals surface area contributed by atoms with E-state index in [9.17, 15) is 14.4 Å². The highest BCUT2D eigenvalue weighted by Gasteiger charge is 2.45. The average molecular weight is 512 g/mol. The second kappa shape index (κ2) is 8.80. The molecule has 3 atom stereocenters. The van der Waals surface area contributed by atoms with Gasteiger partial charge in [-0.15, -0.1) is 0 Å². The number of anilines is 2. The Morgan fingerprint density at radius 1 is 1.11 bits per heavy atom. The van der Waals surface area contributed by atoms with E-state index in [-0.39, 0.29) is 42.1 Å². The number of hydrogen-bond acceptors (Lipinski definition) is 6. The number of aromatic amines is 1. The van der Waals surface area contributed by atoms with Crippen LogP contribution in [-0.4, -0.2) is 67.7 Å². The molecular formula is C27H25N7O4. The number of ether oxygens (including phenoxy) is 1. The van der Waals surface area contributed by atoms with Crippen molar-refractivity contribution in [1.29, 1.82) is 0 Å². The smallest absolute Gasteiger partial charge is 0.274 e. The molecule has 192 valence electrons. The van der Waals surface area contributed by atoms with Crippen LogP contribution in [0.5, 0.6) is 0 Å². The summed E-state index contributed by atoms with van der Waals surface area (Å²) in [5, 5.41) is 10.3. The Kier molecular flexibility index (Phi) is 5.25. The number of fused-ring (bicyclic) bond motifs is 4. The van der Waals surface area contributed by atoms with E-state index in [1.54, 1.807) is 9.58 Å². The molecule has 2 saturated heterocycles. The first-order chi connectivity index (χ1) is 18.5. The first-order valence-corrected chi connectivity index (χ1v) is 12.7. The first-order valence-electron chi connectivity index (χ1n) is 12.7. The van der Waals surface area contributed by atoms with Crippen LogP contribution < -0.4 is 10.6 Å². The van der Waals surface area contributed by atoms with E-state index in [4.69, 9.17) is 4.74 Å². The molecule has 38 heavy (non-hydrogen) atoms. The Balaban J connectivity index is 1.13. The van der Waals surface area contributed by atoms with E-state index in [0.717, 1.165) is 22.3 Å². The molecular weight excluding hydrogens is 486 g/mol. The number of nitrogens with one attached hydrogen (secondary N) is 3. The molecule has 3 aliphatic heterocycles. The minimum absolute atomic E-state index is 0.145. The van der Waals surface area contributed by atoms with Gasteiger partial charge in [0.2, 0.25) is 11.9 Å². The van der Waals surface area contributed by atoms with Crippen LogP contribution in [0.4, 0.5) is 11.6 Å². The number of piperidine rings is 1. The van der Waals surface area contributed by atoms with Crippen LogP contribution in [0.25, 0.3) is 11.0 Å². The van der Waals surface area contributed by atoms with Gasteiger partial charge < -0.3 is 19.9 Å². The molecule has 0 aliphatic carbocycles. The normalized spacial score (nSPS) is 22.3. The minimum atomic E-state index is -0.484. The summed E-state index contributed by atoms with van der Waals surface area (Å²) in [6.07, 6.45) is 0.963. The molecule has 0 radical (unpaired) electrons. The molecule has 0 bridgehead atoms. The van der Waals surface area contributed by atoms with Gasteiger partial charge >= 0.3 is 0 Å². The maximum atomic E-state index is 13.8. The maximum absolute atomic E-state index is 13.8. The number of carbonyl (C=O) groups excluding carboxylic acids is 3. The third-order valence-electron chi connectivity index (χ3n) is 7.59. The van der Waals surface area contributed by atoms with Gasteiger partial charge in [0, 0.05) is 24.9 Å². The van der Waals surface area contributed by atoms with Crippen LogP contribution in [0.15, 0.2) is 54.6 Å². The molecule has 4 aromatic rings. The zero-order valence-electron chi connectivity index (χ0n) is 20.4. The second-order valence-corrected chi connectivity index (χ2v) is 9.93. The lowest BCUT2D eigenvalue weighted by molar-refractivity contribution is -0.123. The van der Waals surface area contributed by atoms with Gasteiger partial charge in [-0.25, -0.2) is 4.98 Å². The van der Waals surface area contributed by atoms with Crippen LogP contribution in [0, 0.1) is 5.92 Å². The zero-order chi connectivity index (χ0) is 25.8. The van der Waals surface area contributed by atoms with Crippen LogP contribution in [0.2, 0.25) is 0 Å². The van der Waals surface area contributed by atoms with Gasteiger partial charge in [-0.1, -0.05) is 30.3 Å². The summed E-state index contributed by atoms with van der Waals surface area (Å²) in [5.41, 5.74) is 3.73. The molecule has 0 saturated carbocycles. The van der Waals surface area contributed by atoms with Gasteiger partial charge in [-0.2, -0.15) is 5.10 Å². The lowest BCUT2D eigenvalue weighted by Crippen LogP contribution is -2.54. The van der Waals surface area contributed by atoms with Crippen molar-refractivity contribution < 1.29 is 19.1 Å². The molecule has 2 aromatic heterocycles.